The van der Waals surface area contributed by atoms with Crippen LogP contribution in [0.15, 0.2) is 29.8 Å². The SMILES string of the molecule is C[C@H](NC(=O)CN1CCOCC1)C(=O)N[C@H](C(=O)N[C@@H](CC1=CCCC1)C(=O)[C@@]1(C)CO1)[C@H](O)c1ccc(OC(F)F)c(F)c1. The molecule has 2 heterocycles. The molecule has 15 heteroatoms. The second kappa shape index (κ2) is 15.2. The van der Waals surface area contributed by atoms with Gasteiger partial charge in [0.2, 0.25) is 17.7 Å². The quantitative estimate of drug-likeness (QED) is 0.163. The fourth-order valence-corrected chi connectivity index (χ4v) is 5.24. The molecule has 0 spiro atoms. The molecule has 0 bridgehead atoms. The fraction of sp³-hybridized carbons (Fsp3) is 0.600. The number of halogens is 3. The fourth-order valence-electron chi connectivity index (χ4n) is 5.24. The zero-order chi connectivity index (χ0) is 32.7. The van der Waals surface area contributed by atoms with E-state index in [9.17, 15) is 37.5 Å². The second-order valence-corrected chi connectivity index (χ2v) is 11.6. The van der Waals surface area contributed by atoms with Crippen molar-refractivity contribution in [1.29, 1.82) is 0 Å². The first kappa shape index (κ1) is 34.3. The van der Waals surface area contributed by atoms with Crippen LogP contribution in [0.3, 0.4) is 0 Å². The van der Waals surface area contributed by atoms with Crippen molar-refractivity contribution in [2.75, 3.05) is 39.5 Å². The van der Waals surface area contributed by atoms with Crippen LogP contribution in [0, 0.1) is 5.82 Å². The highest BCUT2D eigenvalue weighted by molar-refractivity contribution is 5.98. The third-order valence-corrected chi connectivity index (χ3v) is 7.98. The Morgan fingerprint density at radius 1 is 1.11 bits per heavy atom. The number of nitrogens with zero attached hydrogens (tertiary/aromatic N) is 1. The topological polar surface area (TPSA) is 159 Å². The Bertz CT molecular complexity index is 1290. The molecule has 2 fully saturated rings. The van der Waals surface area contributed by atoms with E-state index >= 15 is 0 Å². The molecule has 3 aliphatic rings. The molecule has 0 radical (unpaired) electrons. The van der Waals surface area contributed by atoms with E-state index in [-0.39, 0.29) is 30.9 Å². The summed E-state index contributed by atoms with van der Waals surface area (Å²) in [5.74, 6) is -4.66. The number of carbonyl (C=O) groups is 4. The molecule has 2 aliphatic heterocycles. The number of ether oxygens (including phenoxy) is 3. The molecule has 248 valence electrons. The summed E-state index contributed by atoms with van der Waals surface area (Å²) in [6.45, 7) is 1.90. The predicted molar refractivity (Wildman–Crippen MR) is 153 cm³/mol. The largest absolute Gasteiger partial charge is 0.432 e. The first-order chi connectivity index (χ1) is 21.4. The molecule has 1 aromatic rings. The second-order valence-electron chi connectivity index (χ2n) is 11.6. The van der Waals surface area contributed by atoms with Gasteiger partial charge in [-0.1, -0.05) is 17.7 Å². The van der Waals surface area contributed by atoms with Crippen molar-refractivity contribution < 1.29 is 51.7 Å². The van der Waals surface area contributed by atoms with Gasteiger partial charge in [0.25, 0.3) is 0 Å². The molecule has 1 aliphatic carbocycles. The monoisotopic (exact) mass is 640 g/mol. The average molecular weight is 641 g/mol. The molecular formula is C30H39F3N4O8. The van der Waals surface area contributed by atoms with Gasteiger partial charge in [0.1, 0.15) is 23.8 Å². The molecule has 0 unspecified atom stereocenters. The van der Waals surface area contributed by atoms with Crippen LogP contribution in [0.5, 0.6) is 5.75 Å². The van der Waals surface area contributed by atoms with Gasteiger partial charge in [0.05, 0.1) is 32.4 Å². The van der Waals surface area contributed by atoms with Crippen LogP contribution in [-0.4, -0.2) is 103 Å². The lowest BCUT2D eigenvalue weighted by Gasteiger charge is -2.29. The highest BCUT2D eigenvalue weighted by Gasteiger charge is 2.50. The van der Waals surface area contributed by atoms with Crippen molar-refractivity contribution in [3.63, 3.8) is 0 Å². The van der Waals surface area contributed by atoms with Gasteiger partial charge in [-0.25, -0.2) is 4.39 Å². The summed E-state index contributed by atoms with van der Waals surface area (Å²) >= 11 is 0. The zero-order valence-corrected chi connectivity index (χ0v) is 25.2. The van der Waals surface area contributed by atoms with Crippen LogP contribution in [0.4, 0.5) is 13.2 Å². The smallest absolute Gasteiger partial charge is 0.387 e. The molecule has 12 nitrogen and oxygen atoms in total. The third kappa shape index (κ3) is 9.48. The van der Waals surface area contributed by atoms with Gasteiger partial charge in [-0.3, -0.25) is 24.1 Å². The maximum Gasteiger partial charge on any atom is 0.387 e. The van der Waals surface area contributed by atoms with Crippen LogP contribution in [0.25, 0.3) is 0 Å². The van der Waals surface area contributed by atoms with E-state index in [0.29, 0.717) is 32.4 Å². The molecule has 3 amide bonds. The predicted octanol–water partition coefficient (Wildman–Crippen LogP) is 1.13. The summed E-state index contributed by atoms with van der Waals surface area (Å²) in [5, 5.41) is 18.8. The number of aliphatic hydroxyl groups excluding tert-OH is 1. The summed E-state index contributed by atoms with van der Waals surface area (Å²) in [7, 11) is 0. The number of ketones is 1. The van der Waals surface area contributed by atoms with Crippen molar-refractivity contribution in [3.05, 3.63) is 41.2 Å². The van der Waals surface area contributed by atoms with Crippen molar-refractivity contribution in [3.8, 4) is 5.75 Å². The lowest BCUT2D eigenvalue weighted by atomic mass is 9.93. The summed E-state index contributed by atoms with van der Waals surface area (Å²) in [6, 6.07) is -1.36. The summed E-state index contributed by atoms with van der Waals surface area (Å²) in [6.07, 6.45) is 2.78. The van der Waals surface area contributed by atoms with Gasteiger partial charge in [0, 0.05) is 13.1 Å². The van der Waals surface area contributed by atoms with E-state index in [2.05, 4.69) is 20.7 Å². The number of benzene rings is 1. The van der Waals surface area contributed by atoms with Gasteiger partial charge in [-0.2, -0.15) is 8.78 Å². The summed E-state index contributed by atoms with van der Waals surface area (Å²) < 4.78 is 54.5. The van der Waals surface area contributed by atoms with Gasteiger partial charge in [-0.15, -0.1) is 0 Å². The molecule has 0 saturated carbocycles. The van der Waals surface area contributed by atoms with Gasteiger partial charge in [-0.05, 0) is 57.2 Å². The minimum Gasteiger partial charge on any atom is -0.432 e. The lowest BCUT2D eigenvalue weighted by molar-refractivity contribution is -0.136. The third-order valence-electron chi connectivity index (χ3n) is 7.98. The maximum atomic E-state index is 14.6. The number of rotatable bonds is 15. The average Bonchev–Trinajstić information content (AvgIpc) is 3.54. The van der Waals surface area contributed by atoms with E-state index in [1.165, 1.54) is 6.92 Å². The summed E-state index contributed by atoms with van der Waals surface area (Å²) in [5.41, 5.74) is -0.359. The van der Waals surface area contributed by atoms with Crippen LogP contribution in [-0.2, 0) is 28.7 Å². The van der Waals surface area contributed by atoms with Crippen molar-refractivity contribution >= 4 is 23.5 Å². The van der Waals surface area contributed by atoms with E-state index in [1.807, 2.05) is 11.0 Å². The van der Waals surface area contributed by atoms with Gasteiger partial charge in [0.15, 0.2) is 17.3 Å². The number of carbonyl (C=O) groups excluding carboxylic acids is 4. The van der Waals surface area contributed by atoms with E-state index in [1.54, 1.807) is 6.92 Å². The minimum atomic E-state index is -3.30. The highest BCUT2D eigenvalue weighted by atomic mass is 19.3. The molecule has 4 N–H and O–H groups in total. The molecule has 4 rings (SSSR count). The van der Waals surface area contributed by atoms with Crippen LogP contribution in [0.1, 0.15) is 51.2 Å². The summed E-state index contributed by atoms with van der Waals surface area (Å²) in [4.78, 5) is 54.6. The molecule has 1 aromatic carbocycles. The Morgan fingerprint density at radius 2 is 1.82 bits per heavy atom. The Balaban J connectivity index is 1.52. The maximum absolute atomic E-state index is 14.6. The van der Waals surface area contributed by atoms with Crippen molar-refractivity contribution in [2.24, 2.45) is 0 Å². The number of hydrogen-bond donors (Lipinski definition) is 4. The van der Waals surface area contributed by atoms with E-state index in [0.717, 1.165) is 37.0 Å². The van der Waals surface area contributed by atoms with E-state index < -0.39 is 65.7 Å². The van der Waals surface area contributed by atoms with Crippen LogP contribution in [0.2, 0.25) is 0 Å². The Labute approximate surface area is 258 Å². The van der Waals surface area contributed by atoms with Crippen LogP contribution < -0.4 is 20.7 Å². The van der Waals surface area contributed by atoms with Crippen LogP contribution >= 0.6 is 0 Å². The zero-order valence-electron chi connectivity index (χ0n) is 25.2. The highest BCUT2D eigenvalue weighted by Crippen LogP contribution is 2.32. The number of alkyl halides is 2. The number of morpholine rings is 1. The standard InChI is InChI=1S/C30H39F3N4O8/c1-17(34-23(38)15-37-9-11-43-12-10-37)27(41)36-24(25(39)19-7-8-22(20(31)14-19)45-29(32)33)28(42)35-21(13-18-5-3-4-6-18)26(40)30(2)16-44-30/h5,7-8,14,17,21,24-25,29,39H,3-4,6,9-13,15-16H2,1-2H3,(H,34,38)(H,35,42)(H,36,41)/t17-,21-,24-,25+,30+/m0/s1. The Kier molecular flexibility index (Phi) is 11.6. The number of hydrogen-bond acceptors (Lipinski definition) is 9. The molecule has 5 atom stereocenters. The molecule has 2 saturated heterocycles. The van der Waals surface area contributed by atoms with Crippen molar-refractivity contribution in [1.82, 2.24) is 20.9 Å². The number of nitrogens with one attached hydrogen (secondary N) is 3. The molecule has 45 heavy (non-hydrogen) atoms. The van der Waals surface area contributed by atoms with Gasteiger partial charge < -0.3 is 35.3 Å². The van der Waals surface area contributed by atoms with E-state index in [4.69, 9.17) is 9.47 Å². The van der Waals surface area contributed by atoms with Crippen molar-refractivity contribution in [2.45, 2.75) is 76.0 Å². The first-order valence-corrected chi connectivity index (χ1v) is 14.8. The molecule has 0 aromatic heterocycles. The normalized spacial score (nSPS) is 22.5. The molecular weight excluding hydrogens is 601 g/mol. The van der Waals surface area contributed by atoms with Gasteiger partial charge >= 0.3 is 6.61 Å². The number of epoxide rings is 1. The number of Topliss-reactive ketones (excluding diaryl/α,β-unsaturated/α-hetero) is 1. The Morgan fingerprint density at radius 3 is 2.42 bits per heavy atom. The number of allylic oxidation sites excluding steroid dienone is 1. The Hall–Kier alpha value is -3.53. The number of aliphatic hydroxyl groups is 1. The number of amides is 3. The minimum absolute atomic E-state index is 0.0142. The lowest BCUT2D eigenvalue weighted by Crippen LogP contribution is -2.58. The first-order valence-electron chi connectivity index (χ1n) is 14.8.